The second kappa shape index (κ2) is 9.49. The Morgan fingerprint density at radius 1 is 0.968 bits per heavy atom. The van der Waals surface area contributed by atoms with Crippen LogP contribution < -0.4 is 9.64 Å². The van der Waals surface area contributed by atoms with Gasteiger partial charge in [-0.2, -0.15) is 4.31 Å². The van der Waals surface area contributed by atoms with Crippen LogP contribution in [-0.4, -0.2) is 60.0 Å². The first-order chi connectivity index (χ1) is 15.1. The first-order valence-electron chi connectivity index (χ1n) is 10.5. The van der Waals surface area contributed by atoms with E-state index in [1.54, 1.807) is 24.3 Å². The molecule has 0 bridgehead atoms. The van der Waals surface area contributed by atoms with Crippen molar-refractivity contribution in [2.75, 3.05) is 37.7 Å². The number of anilines is 1. The summed E-state index contributed by atoms with van der Waals surface area (Å²) in [5.41, 5.74) is 0. The molecule has 1 aliphatic heterocycles. The Balaban J connectivity index is 1.39. The summed E-state index contributed by atoms with van der Waals surface area (Å²) in [5, 5.41) is 0. The molecule has 0 unspecified atom stereocenters. The Hall–Kier alpha value is -2.91. The third kappa shape index (κ3) is 4.88. The number of piperazine rings is 1. The van der Waals surface area contributed by atoms with E-state index >= 15 is 0 Å². The summed E-state index contributed by atoms with van der Waals surface area (Å²) in [6.45, 7) is 4.68. The van der Waals surface area contributed by atoms with Gasteiger partial charge >= 0.3 is 0 Å². The number of aromatic nitrogens is 3. The van der Waals surface area contributed by atoms with Gasteiger partial charge < -0.3 is 14.2 Å². The van der Waals surface area contributed by atoms with Crippen molar-refractivity contribution in [2.24, 2.45) is 0 Å². The summed E-state index contributed by atoms with van der Waals surface area (Å²) >= 11 is 0. The van der Waals surface area contributed by atoms with Crippen LogP contribution in [0.4, 0.5) is 5.82 Å². The highest BCUT2D eigenvalue weighted by atomic mass is 32.2. The molecular formula is C22H27N5O3S. The number of nitrogens with zero attached hydrogens (tertiary/aromatic N) is 5. The van der Waals surface area contributed by atoms with Crippen LogP contribution in [0.15, 0.2) is 66.1 Å². The third-order valence-electron chi connectivity index (χ3n) is 5.30. The standard InChI is InChI=1S/C22H27N5O3S/c1-2-3-16-30-19-6-8-20(9-7-19)31(28,29)27-14-12-26(13-15-27)22-17-21(23-18-24-22)25-10-4-5-11-25/h4-11,17-18H,2-3,12-16H2,1H3. The first-order valence-corrected chi connectivity index (χ1v) is 12.0. The normalized spacial score (nSPS) is 15.2. The fourth-order valence-electron chi connectivity index (χ4n) is 3.49. The molecule has 3 aromatic rings. The van der Waals surface area contributed by atoms with Gasteiger partial charge in [0.15, 0.2) is 0 Å². The summed E-state index contributed by atoms with van der Waals surface area (Å²) in [6, 6.07) is 12.5. The Morgan fingerprint density at radius 2 is 1.65 bits per heavy atom. The minimum Gasteiger partial charge on any atom is -0.494 e. The molecule has 3 heterocycles. The first kappa shape index (κ1) is 21.3. The summed E-state index contributed by atoms with van der Waals surface area (Å²) in [5.74, 6) is 2.27. The quantitative estimate of drug-likeness (QED) is 0.500. The van der Waals surface area contributed by atoms with Crippen LogP contribution >= 0.6 is 0 Å². The van der Waals surface area contributed by atoms with Gasteiger partial charge in [-0.15, -0.1) is 0 Å². The Kier molecular flexibility index (Phi) is 6.53. The minimum absolute atomic E-state index is 0.292. The minimum atomic E-state index is -3.54. The fraction of sp³-hybridized carbons (Fsp3) is 0.364. The molecule has 1 aromatic carbocycles. The second-order valence-electron chi connectivity index (χ2n) is 7.39. The summed E-state index contributed by atoms with van der Waals surface area (Å²) < 4.78 is 35.2. The van der Waals surface area contributed by atoms with E-state index < -0.39 is 10.0 Å². The van der Waals surface area contributed by atoms with Gasteiger partial charge in [-0.3, -0.25) is 0 Å². The van der Waals surface area contributed by atoms with E-state index in [2.05, 4.69) is 21.8 Å². The predicted molar refractivity (Wildman–Crippen MR) is 119 cm³/mol. The predicted octanol–water partition coefficient (Wildman–Crippen LogP) is 2.96. The molecule has 2 aromatic heterocycles. The molecule has 9 heteroatoms. The zero-order valence-electron chi connectivity index (χ0n) is 17.6. The molecule has 164 valence electrons. The van der Waals surface area contributed by atoms with Crippen molar-refractivity contribution in [3.05, 3.63) is 61.2 Å². The molecule has 0 spiro atoms. The summed E-state index contributed by atoms with van der Waals surface area (Å²) in [4.78, 5) is 11.1. The van der Waals surface area contributed by atoms with E-state index in [1.807, 2.05) is 35.2 Å². The lowest BCUT2D eigenvalue weighted by Gasteiger charge is -2.34. The zero-order chi connectivity index (χ0) is 21.7. The average molecular weight is 442 g/mol. The highest BCUT2D eigenvalue weighted by molar-refractivity contribution is 7.89. The van der Waals surface area contributed by atoms with Gasteiger partial charge in [-0.1, -0.05) is 13.3 Å². The van der Waals surface area contributed by atoms with E-state index in [1.165, 1.54) is 10.6 Å². The highest BCUT2D eigenvalue weighted by Crippen LogP contribution is 2.23. The maximum Gasteiger partial charge on any atom is 0.243 e. The molecule has 0 atom stereocenters. The van der Waals surface area contributed by atoms with Gasteiger partial charge in [0.05, 0.1) is 11.5 Å². The van der Waals surface area contributed by atoms with Crippen molar-refractivity contribution >= 4 is 15.8 Å². The molecular weight excluding hydrogens is 414 g/mol. The van der Waals surface area contributed by atoms with E-state index in [4.69, 9.17) is 4.74 Å². The Labute approximate surface area is 183 Å². The van der Waals surface area contributed by atoms with Gasteiger partial charge in [-0.25, -0.2) is 18.4 Å². The average Bonchev–Trinajstić information content (AvgIpc) is 3.35. The Bertz CT molecular complexity index is 1080. The van der Waals surface area contributed by atoms with Gasteiger partial charge in [-0.05, 0) is 42.8 Å². The van der Waals surface area contributed by atoms with Gasteiger partial charge in [0.1, 0.15) is 23.7 Å². The highest BCUT2D eigenvalue weighted by Gasteiger charge is 2.29. The van der Waals surface area contributed by atoms with Crippen molar-refractivity contribution in [1.82, 2.24) is 18.8 Å². The molecule has 0 radical (unpaired) electrons. The molecule has 31 heavy (non-hydrogen) atoms. The molecule has 0 N–H and O–H groups in total. The monoisotopic (exact) mass is 441 g/mol. The second-order valence-corrected chi connectivity index (χ2v) is 9.33. The number of sulfonamides is 1. The fourth-order valence-corrected chi connectivity index (χ4v) is 4.91. The molecule has 1 aliphatic rings. The number of hydrogen-bond donors (Lipinski definition) is 0. The molecule has 1 fully saturated rings. The molecule has 0 amide bonds. The lowest BCUT2D eigenvalue weighted by atomic mass is 10.3. The number of rotatable bonds is 8. The van der Waals surface area contributed by atoms with Crippen LogP contribution in [0, 0.1) is 0 Å². The smallest absolute Gasteiger partial charge is 0.243 e. The van der Waals surface area contributed by atoms with Crippen molar-refractivity contribution in [1.29, 1.82) is 0 Å². The molecule has 8 nitrogen and oxygen atoms in total. The number of ether oxygens (including phenoxy) is 1. The van der Waals surface area contributed by atoms with Crippen LogP contribution in [0.5, 0.6) is 5.75 Å². The lowest BCUT2D eigenvalue weighted by Crippen LogP contribution is -2.48. The number of benzene rings is 1. The summed E-state index contributed by atoms with van der Waals surface area (Å²) in [7, 11) is -3.54. The lowest BCUT2D eigenvalue weighted by molar-refractivity contribution is 0.309. The van der Waals surface area contributed by atoms with E-state index in [-0.39, 0.29) is 0 Å². The Morgan fingerprint density at radius 3 is 2.32 bits per heavy atom. The van der Waals surface area contributed by atoms with E-state index in [0.717, 1.165) is 24.5 Å². The van der Waals surface area contributed by atoms with Crippen molar-refractivity contribution in [2.45, 2.75) is 24.7 Å². The molecule has 0 saturated carbocycles. The SMILES string of the molecule is CCCCOc1ccc(S(=O)(=O)N2CCN(c3cc(-n4cccc4)ncn3)CC2)cc1. The maximum absolute atomic E-state index is 13.0. The summed E-state index contributed by atoms with van der Waals surface area (Å²) in [6.07, 6.45) is 7.43. The van der Waals surface area contributed by atoms with Crippen LogP contribution in [-0.2, 0) is 10.0 Å². The van der Waals surface area contributed by atoms with Crippen molar-refractivity contribution in [3.63, 3.8) is 0 Å². The largest absolute Gasteiger partial charge is 0.494 e. The van der Waals surface area contributed by atoms with Gasteiger partial charge in [0, 0.05) is 44.6 Å². The van der Waals surface area contributed by atoms with Gasteiger partial charge in [0.25, 0.3) is 0 Å². The maximum atomic E-state index is 13.0. The van der Waals surface area contributed by atoms with Crippen molar-refractivity contribution in [3.8, 4) is 11.6 Å². The van der Waals surface area contributed by atoms with Crippen LogP contribution in [0.1, 0.15) is 19.8 Å². The van der Waals surface area contributed by atoms with Crippen molar-refractivity contribution < 1.29 is 13.2 Å². The molecule has 4 rings (SSSR count). The number of unbranched alkanes of at least 4 members (excludes halogenated alkanes) is 1. The van der Waals surface area contributed by atoms with Gasteiger partial charge in [0.2, 0.25) is 10.0 Å². The zero-order valence-corrected chi connectivity index (χ0v) is 18.4. The van der Waals surface area contributed by atoms with E-state index in [9.17, 15) is 8.42 Å². The molecule has 0 aliphatic carbocycles. The van der Waals surface area contributed by atoms with Crippen LogP contribution in [0.3, 0.4) is 0 Å². The topological polar surface area (TPSA) is 80.6 Å². The van der Waals surface area contributed by atoms with E-state index in [0.29, 0.717) is 43.4 Å². The van der Waals surface area contributed by atoms with Crippen LogP contribution in [0.25, 0.3) is 5.82 Å². The molecule has 1 saturated heterocycles. The number of hydrogen-bond acceptors (Lipinski definition) is 6. The van der Waals surface area contributed by atoms with Crippen LogP contribution in [0.2, 0.25) is 0 Å². The third-order valence-corrected chi connectivity index (χ3v) is 7.21.